The van der Waals surface area contributed by atoms with Crippen LogP contribution in [0.2, 0.25) is 0 Å². The molecule has 274 valence electrons. The average Bonchev–Trinajstić information content (AvgIpc) is 4.08. The highest BCUT2D eigenvalue weighted by atomic mass is 127. The Morgan fingerprint density at radius 2 is 1.70 bits per heavy atom. The van der Waals surface area contributed by atoms with E-state index in [1.54, 1.807) is 43.3 Å². The Morgan fingerprint density at radius 3 is 2.40 bits per heavy atom. The predicted octanol–water partition coefficient (Wildman–Crippen LogP) is 4.57. The second-order valence-corrected chi connectivity index (χ2v) is 16.1. The lowest BCUT2D eigenvalue weighted by atomic mass is 9.91. The smallest absolute Gasteiger partial charge is 0.274 e. The molecule has 3 fully saturated rings. The number of likely N-dealkylation sites (tertiary alicyclic amines) is 1. The first-order chi connectivity index (χ1) is 25.5. The summed E-state index contributed by atoms with van der Waals surface area (Å²) in [5, 5.41) is 22.7. The highest BCUT2D eigenvalue weighted by molar-refractivity contribution is 14.1. The van der Waals surface area contributed by atoms with Gasteiger partial charge in [0, 0.05) is 63.4 Å². The van der Waals surface area contributed by atoms with Crippen LogP contribution in [0.1, 0.15) is 82.2 Å². The molecule has 4 amide bonds. The Balaban J connectivity index is 1.09. The van der Waals surface area contributed by atoms with E-state index >= 15 is 0 Å². The first kappa shape index (κ1) is 34.9. The molecular weight excluding hydrogens is 789 g/mol. The van der Waals surface area contributed by atoms with Gasteiger partial charge in [-0.05, 0) is 72.9 Å². The van der Waals surface area contributed by atoms with Crippen LogP contribution in [0.5, 0.6) is 0 Å². The van der Waals surface area contributed by atoms with Crippen molar-refractivity contribution in [2.75, 3.05) is 49.8 Å². The van der Waals surface area contributed by atoms with Gasteiger partial charge in [0.15, 0.2) is 11.5 Å². The number of halogens is 1. The predicted molar refractivity (Wildman–Crippen MR) is 206 cm³/mol. The highest BCUT2D eigenvalue weighted by Gasteiger charge is 2.47. The van der Waals surface area contributed by atoms with Crippen molar-refractivity contribution in [3.05, 3.63) is 71.4 Å². The maximum atomic E-state index is 13.4. The number of fused-ring (bicyclic) bond motifs is 3. The molecule has 2 saturated carbocycles. The summed E-state index contributed by atoms with van der Waals surface area (Å²) >= 11 is 2.50. The molecule has 15 nitrogen and oxygen atoms in total. The first-order valence-electron chi connectivity index (χ1n) is 17.8. The largest absolute Gasteiger partial charge is 0.353 e. The number of carbonyl (C=O) groups excluding carboxylic acids is 4. The van der Waals surface area contributed by atoms with Crippen molar-refractivity contribution in [3.63, 3.8) is 0 Å². The van der Waals surface area contributed by atoms with E-state index in [1.807, 2.05) is 18.3 Å². The van der Waals surface area contributed by atoms with Gasteiger partial charge in [0.25, 0.3) is 17.7 Å². The second kappa shape index (κ2) is 13.4. The lowest BCUT2D eigenvalue weighted by Crippen LogP contribution is -2.53. The third-order valence-corrected chi connectivity index (χ3v) is 12.3. The van der Waals surface area contributed by atoms with Crippen LogP contribution >= 0.6 is 22.6 Å². The number of anilines is 4. The van der Waals surface area contributed by atoms with Crippen molar-refractivity contribution < 1.29 is 19.2 Å². The molecular formula is C37H40IN11O4. The molecule has 1 atom stereocenters. The number of hydrogen-bond donors (Lipinski definition) is 3. The number of pyridine rings is 1. The van der Waals surface area contributed by atoms with Crippen molar-refractivity contribution in [2.45, 2.75) is 54.7 Å². The number of rotatable bonds is 10. The van der Waals surface area contributed by atoms with Crippen LogP contribution in [0.3, 0.4) is 0 Å². The molecule has 8 rings (SSSR count). The third-order valence-electron chi connectivity index (χ3n) is 10.3. The standard InChI is InChI=1S/C37H40IN11O4/c1-5-37(38)32-24(17-39-49(32)22-18-48(19-22)36(53)27-11-7-10-26(42-27)35(52)46(2)3)23-8-6-9-25(31(23)47(37)4)41-28-16-29(43-33(50)20-12-13-20)44-45-30(28)34(51)40-21-14-15-21/h6-11,16-17,20-22H,5,12-15,18-19H2,1-4H3,(H,40,51)(H2,41,43,44,50)/t37-/m0/s1. The Kier molecular flexibility index (Phi) is 8.81. The van der Waals surface area contributed by atoms with Crippen molar-refractivity contribution in [3.8, 4) is 11.1 Å². The Labute approximate surface area is 320 Å². The molecule has 2 aliphatic heterocycles. The number of amides is 4. The second-order valence-electron chi connectivity index (χ2n) is 14.3. The molecule has 53 heavy (non-hydrogen) atoms. The lowest BCUT2D eigenvalue weighted by Gasteiger charge is -2.46. The van der Waals surface area contributed by atoms with Crippen LogP contribution in [0.15, 0.2) is 48.7 Å². The van der Waals surface area contributed by atoms with Crippen molar-refractivity contribution in [1.29, 1.82) is 0 Å². The number of hydrogen-bond acceptors (Lipinski definition) is 10. The molecule has 0 radical (unpaired) electrons. The molecule has 0 unspecified atom stereocenters. The maximum Gasteiger partial charge on any atom is 0.274 e. The minimum absolute atomic E-state index is 0.0145. The van der Waals surface area contributed by atoms with Gasteiger partial charge in [-0.3, -0.25) is 23.9 Å². The van der Waals surface area contributed by atoms with E-state index in [1.165, 1.54) is 4.90 Å². The van der Waals surface area contributed by atoms with E-state index in [2.05, 4.69) is 83.3 Å². The Bertz CT molecular complexity index is 2160. The fourth-order valence-corrected chi connectivity index (χ4v) is 7.72. The normalized spacial score (nSPS) is 19.1. The molecule has 16 heteroatoms. The van der Waals surface area contributed by atoms with Gasteiger partial charge in [-0.25, -0.2) is 4.98 Å². The number of alkyl halides is 1. The molecule has 3 aromatic heterocycles. The molecule has 0 spiro atoms. The summed E-state index contributed by atoms with van der Waals surface area (Å²) in [6, 6.07) is 12.7. The zero-order valence-electron chi connectivity index (χ0n) is 29.9. The van der Waals surface area contributed by atoms with Gasteiger partial charge in [0.05, 0.1) is 35.0 Å². The molecule has 2 aliphatic carbocycles. The summed E-state index contributed by atoms with van der Waals surface area (Å²) in [7, 11) is 5.36. The van der Waals surface area contributed by atoms with Crippen molar-refractivity contribution >= 4 is 69.1 Å². The van der Waals surface area contributed by atoms with Gasteiger partial charge in [0.2, 0.25) is 5.91 Å². The fraction of sp³-hybridized carbons (Fsp3) is 0.405. The number of nitrogens with zero attached hydrogens (tertiary/aromatic N) is 8. The van der Waals surface area contributed by atoms with E-state index in [-0.39, 0.29) is 64.5 Å². The summed E-state index contributed by atoms with van der Waals surface area (Å²) in [5.41, 5.74) is 5.72. The highest BCUT2D eigenvalue weighted by Crippen LogP contribution is 2.55. The minimum Gasteiger partial charge on any atom is -0.353 e. The van der Waals surface area contributed by atoms with Gasteiger partial charge >= 0.3 is 0 Å². The van der Waals surface area contributed by atoms with Crippen LogP contribution < -0.4 is 20.9 Å². The topological polar surface area (TPSA) is 171 Å². The quantitative estimate of drug-likeness (QED) is 0.117. The summed E-state index contributed by atoms with van der Waals surface area (Å²) in [6.07, 6.45) is 6.20. The Morgan fingerprint density at radius 1 is 0.962 bits per heavy atom. The third kappa shape index (κ3) is 6.35. The monoisotopic (exact) mass is 829 g/mol. The molecule has 4 aromatic rings. The molecule has 1 saturated heterocycles. The summed E-state index contributed by atoms with van der Waals surface area (Å²) in [4.78, 5) is 61.6. The lowest BCUT2D eigenvalue weighted by molar-refractivity contribution is -0.117. The molecule has 4 aliphatic rings. The molecule has 3 N–H and O–H groups in total. The molecule has 1 aromatic carbocycles. The molecule has 0 bridgehead atoms. The number of benzene rings is 1. The van der Waals surface area contributed by atoms with Gasteiger partial charge in [-0.15, -0.1) is 10.2 Å². The zero-order chi connectivity index (χ0) is 37.2. The summed E-state index contributed by atoms with van der Waals surface area (Å²) in [5.74, 6) is -0.635. The molecule has 5 heterocycles. The Hall–Kier alpha value is -5.13. The van der Waals surface area contributed by atoms with E-state index in [0.29, 0.717) is 18.8 Å². The van der Waals surface area contributed by atoms with E-state index in [4.69, 9.17) is 5.10 Å². The van der Waals surface area contributed by atoms with Gasteiger partial charge in [-0.1, -0.05) is 25.1 Å². The van der Waals surface area contributed by atoms with E-state index in [0.717, 1.165) is 60.3 Å². The summed E-state index contributed by atoms with van der Waals surface area (Å²) < 4.78 is 1.53. The minimum atomic E-state index is -0.521. The van der Waals surface area contributed by atoms with Gasteiger partial charge < -0.3 is 30.7 Å². The van der Waals surface area contributed by atoms with Gasteiger partial charge in [0.1, 0.15) is 14.9 Å². The van der Waals surface area contributed by atoms with Crippen LogP contribution in [0.4, 0.5) is 22.9 Å². The van der Waals surface area contributed by atoms with E-state index < -0.39 is 3.55 Å². The maximum absolute atomic E-state index is 13.4. The summed E-state index contributed by atoms with van der Waals surface area (Å²) in [6.45, 7) is 3.04. The van der Waals surface area contributed by atoms with Crippen LogP contribution in [-0.4, -0.2) is 98.7 Å². The number of carbonyl (C=O) groups is 4. The van der Waals surface area contributed by atoms with Crippen LogP contribution in [-0.2, 0) is 8.34 Å². The van der Waals surface area contributed by atoms with Crippen LogP contribution in [0, 0.1) is 5.92 Å². The number of nitrogens with one attached hydrogen (secondary N) is 3. The number of aromatic nitrogens is 5. The van der Waals surface area contributed by atoms with Crippen molar-refractivity contribution in [2.24, 2.45) is 5.92 Å². The zero-order valence-corrected chi connectivity index (χ0v) is 32.0. The number of para-hydroxylation sites is 1. The SMILES string of the molecule is CC[C@@]1(I)c2c(cnn2C2CN(C(=O)c3cccc(C(=O)N(C)C)n3)C2)-c2cccc(Nc3cc(NC(=O)C4CC4)nnc3C(=O)NC3CC3)c2N1C. The average molecular weight is 830 g/mol. The van der Waals surface area contributed by atoms with Gasteiger partial charge in [-0.2, -0.15) is 5.10 Å². The van der Waals surface area contributed by atoms with Crippen molar-refractivity contribution in [1.82, 2.24) is 40.1 Å². The van der Waals surface area contributed by atoms with Crippen LogP contribution in [0.25, 0.3) is 11.1 Å². The fourth-order valence-electron chi connectivity index (χ4n) is 6.94. The first-order valence-corrected chi connectivity index (χ1v) is 18.9. The van der Waals surface area contributed by atoms with E-state index in [9.17, 15) is 19.2 Å².